The van der Waals surface area contributed by atoms with Crippen molar-refractivity contribution in [3.8, 4) is 0 Å². The van der Waals surface area contributed by atoms with Crippen LogP contribution >= 0.6 is 0 Å². The molecule has 0 unspecified atom stereocenters. The molecule has 0 atom stereocenters. The Morgan fingerprint density at radius 3 is 2.39 bits per heavy atom. The van der Waals surface area contributed by atoms with Crippen LogP contribution in [-0.2, 0) is 14.8 Å². The van der Waals surface area contributed by atoms with Gasteiger partial charge in [-0.25, -0.2) is 8.42 Å². The molecule has 6 heteroatoms. The minimum atomic E-state index is -3.76. The van der Waals surface area contributed by atoms with Crippen molar-refractivity contribution >= 4 is 27.3 Å². The Bertz CT molecular complexity index is 977. The van der Waals surface area contributed by atoms with E-state index < -0.39 is 10.0 Å². The highest BCUT2D eigenvalue weighted by molar-refractivity contribution is 7.92. The van der Waals surface area contributed by atoms with Gasteiger partial charge in [-0.15, -0.1) is 0 Å². The number of hydrogen-bond acceptors (Lipinski definition) is 3. The molecule has 2 aromatic rings. The molecule has 0 bridgehead atoms. The number of sulfonamides is 1. The third kappa shape index (κ3) is 4.93. The fraction of sp³-hybridized carbons (Fsp3) is 0.409. The number of anilines is 2. The molecule has 1 fully saturated rings. The van der Waals surface area contributed by atoms with Crippen LogP contribution in [0.25, 0.3) is 0 Å². The summed E-state index contributed by atoms with van der Waals surface area (Å²) in [5, 5.41) is 2.86. The van der Waals surface area contributed by atoms with E-state index in [1.807, 2.05) is 26.0 Å². The molecule has 2 aromatic carbocycles. The Labute approximate surface area is 167 Å². The van der Waals surface area contributed by atoms with Crippen LogP contribution in [0.5, 0.6) is 0 Å². The Morgan fingerprint density at radius 2 is 1.71 bits per heavy atom. The van der Waals surface area contributed by atoms with Gasteiger partial charge in [0.05, 0.1) is 10.6 Å². The number of hydrogen-bond donors (Lipinski definition) is 2. The van der Waals surface area contributed by atoms with Gasteiger partial charge >= 0.3 is 0 Å². The fourth-order valence-corrected chi connectivity index (χ4v) is 5.19. The van der Waals surface area contributed by atoms with Gasteiger partial charge in [-0.05, 0) is 68.9 Å². The second-order valence-corrected chi connectivity index (χ2v) is 9.46. The molecular weight excluding hydrogens is 372 g/mol. The Hall–Kier alpha value is -2.34. The van der Waals surface area contributed by atoms with Gasteiger partial charge in [0, 0.05) is 12.1 Å². The van der Waals surface area contributed by atoms with Gasteiger partial charge < -0.3 is 5.32 Å². The number of benzene rings is 2. The largest absolute Gasteiger partial charge is 0.326 e. The number of amides is 1. The highest BCUT2D eigenvalue weighted by Gasteiger charge is 2.21. The van der Waals surface area contributed by atoms with Gasteiger partial charge in [0.2, 0.25) is 5.91 Å². The van der Waals surface area contributed by atoms with Crippen LogP contribution in [0.1, 0.15) is 48.8 Å². The van der Waals surface area contributed by atoms with E-state index in [2.05, 4.69) is 10.0 Å². The summed E-state index contributed by atoms with van der Waals surface area (Å²) >= 11 is 0. The maximum absolute atomic E-state index is 13.0. The Kier molecular flexibility index (Phi) is 6.08. The molecular formula is C22H28N2O3S. The molecule has 0 saturated heterocycles. The van der Waals surface area contributed by atoms with Gasteiger partial charge in [0.1, 0.15) is 0 Å². The minimum Gasteiger partial charge on any atom is -0.326 e. The zero-order valence-electron chi connectivity index (χ0n) is 16.7. The number of carbonyl (C=O) groups is 1. The Balaban J connectivity index is 1.78. The van der Waals surface area contributed by atoms with Crippen LogP contribution in [0.3, 0.4) is 0 Å². The summed E-state index contributed by atoms with van der Waals surface area (Å²) in [7, 11) is -3.76. The number of rotatable bonds is 6. The van der Waals surface area contributed by atoms with Crippen molar-refractivity contribution in [1.82, 2.24) is 0 Å². The van der Waals surface area contributed by atoms with Crippen LogP contribution in [0.4, 0.5) is 11.4 Å². The first-order valence-corrected chi connectivity index (χ1v) is 11.2. The predicted molar refractivity (Wildman–Crippen MR) is 113 cm³/mol. The zero-order chi connectivity index (χ0) is 20.3. The van der Waals surface area contributed by atoms with Crippen LogP contribution in [0, 0.1) is 26.7 Å². The van der Waals surface area contributed by atoms with Crippen LogP contribution in [0.2, 0.25) is 0 Å². The second kappa shape index (κ2) is 8.35. The molecule has 1 aliphatic rings. The van der Waals surface area contributed by atoms with Crippen LogP contribution in [-0.4, -0.2) is 14.3 Å². The molecule has 0 heterocycles. The normalized spacial score (nSPS) is 14.8. The molecule has 2 N–H and O–H groups in total. The summed E-state index contributed by atoms with van der Waals surface area (Å²) in [6.45, 7) is 5.59. The fourth-order valence-electron chi connectivity index (χ4n) is 3.78. The lowest BCUT2D eigenvalue weighted by atomic mass is 10.0. The predicted octanol–water partition coefficient (Wildman–Crippen LogP) is 4.93. The van der Waals surface area contributed by atoms with Crippen molar-refractivity contribution in [3.63, 3.8) is 0 Å². The third-order valence-corrected chi connectivity index (χ3v) is 6.84. The highest BCUT2D eigenvalue weighted by Crippen LogP contribution is 2.29. The first-order valence-electron chi connectivity index (χ1n) is 9.75. The number of aryl methyl sites for hydroxylation is 3. The van der Waals surface area contributed by atoms with E-state index in [0.29, 0.717) is 29.3 Å². The summed E-state index contributed by atoms with van der Waals surface area (Å²) in [6, 6.07) is 10.6. The van der Waals surface area contributed by atoms with E-state index in [1.54, 1.807) is 25.1 Å². The summed E-state index contributed by atoms with van der Waals surface area (Å²) in [5.41, 5.74) is 3.63. The van der Waals surface area contributed by atoms with Crippen molar-refractivity contribution < 1.29 is 13.2 Å². The molecule has 0 spiro atoms. The number of nitrogens with one attached hydrogen (secondary N) is 2. The van der Waals surface area contributed by atoms with Crippen LogP contribution in [0.15, 0.2) is 41.3 Å². The van der Waals surface area contributed by atoms with Crippen molar-refractivity contribution in [1.29, 1.82) is 0 Å². The van der Waals surface area contributed by atoms with Crippen molar-refractivity contribution in [2.75, 3.05) is 10.0 Å². The van der Waals surface area contributed by atoms with Gasteiger partial charge in [-0.2, -0.15) is 0 Å². The molecule has 5 nitrogen and oxygen atoms in total. The summed E-state index contributed by atoms with van der Waals surface area (Å²) < 4.78 is 28.6. The quantitative estimate of drug-likeness (QED) is 0.722. The second-order valence-electron chi connectivity index (χ2n) is 7.81. The van der Waals surface area contributed by atoms with Gasteiger partial charge in [-0.3, -0.25) is 9.52 Å². The summed E-state index contributed by atoms with van der Waals surface area (Å²) in [6.07, 6.45) is 5.07. The summed E-state index contributed by atoms with van der Waals surface area (Å²) in [5.74, 6) is 0.390. The topological polar surface area (TPSA) is 75.3 Å². The van der Waals surface area contributed by atoms with E-state index in [4.69, 9.17) is 0 Å². The van der Waals surface area contributed by atoms with Crippen molar-refractivity contribution in [3.05, 3.63) is 53.1 Å². The zero-order valence-corrected chi connectivity index (χ0v) is 17.5. The van der Waals surface area contributed by atoms with E-state index in [-0.39, 0.29) is 10.8 Å². The minimum absolute atomic E-state index is 0.0542. The average Bonchev–Trinajstić information content (AvgIpc) is 3.12. The molecule has 0 aromatic heterocycles. The Morgan fingerprint density at radius 1 is 1.00 bits per heavy atom. The van der Waals surface area contributed by atoms with Gasteiger partial charge in [0.25, 0.3) is 10.0 Å². The molecule has 1 saturated carbocycles. The lowest BCUT2D eigenvalue weighted by Gasteiger charge is -2.15. The van der Waals surface area contributed by atoms with Gasteiger partial charge in [-0.1, -0.05) is 36.6 Å². The first-order chi connectivity index (χ1) is 13.2. The van der Waals surface area contributed by atoms with E-state index in [9.17, 15) is 13.2 Å². The van der Waals surface area contributed by atoms with E-state index in [0.717, 1.165) is 24.0 Å². The molecule has 1 amide bonds. The first kappa shape index (κ1) is 20.4. The molecule has 0 radical (unpaired) electrons. The molecule has 28 heavy (non-hydrogen) atoms. The lowest BCUT2D eigenvalue weighted by molar-refractivity contribution is -0.117. The SMILES string of the molecule is Cc1ccc(NS(=O)(=O)c2cc(NC(=O)CC3CCCC3)ccc2C)c(C)c1. The third-order valence-electron chi connectivity index (χ3n) is 5.34. The molecule has 0 aliphatic heterocycles. The monoisotopic (exact) mass is 400 g/mol. The maximum atomic E-state index is 13.0. The van der Waals surface area contributed by atoms with Crippen LogP contribution < -0.4 is 10.0 Å². The average molecular weight is 401 g/mol. The number of carbonyl (C=O) groups excluding carboxylic acids is 1. The van der Waals surface area contributed by atoms with E-state index >= 15 is 0 Å². The molecule has 1 aliphatic carbocycles. The van der Waals surface area contributed by atoms with Crippen molar-refractivity contribution in [2.45, 2.75) is 57.8 Å². The van der Waals surface area contributed by atoms with Crippen molar-refractivity contribution in [2.24, 2.45) is 5.92 Å². The van der Waals surface area contributed by atoms with Gasteiger partial charge in [0.15, 0.2) is 0 Å². The smallest absolute Gasteiger partial charge is 0.262 e. The van der Waals surface area contributed by atoms with E-state index in [1.165, 1.54) is 18.9 Å². The highest BCUT2D eigenvalue weighted by atomic mass is 32.2. The maximum Gasteiger partial charge on any atom is 0.262 e. The standard InChI is InChI=1S/C22H28N2O3S/c1-15-8-11-20(17(3)12-15)24-28(26,27)21-14-19(10-9-16(21)2)23-22(25)13-18-6-4-5-7-18/h8-12,14,18,24H,4-7,13H2,1-3H3,(H,23,25). The lowest BCUT2D eigenvalue weighted by Crippen LogP contribution is -2.17. The molecule has 3 rings (SSSR count). The summed E-state index contributed by atoms with van der Waals surface area (Å²) in [4.78, 5) is 12.5. The molecule has 150 valence electrons.